The Hall–Kier alpha value is -1.10. The van der Waals surface area contributed by atoms with Gasteiger partial charge in [0.25, 0.3) is 10.0 Å². The average molecular weight is 294 g/mol. The lowest BCUT2D eigenvalue weighted by Crippen LogP contribution is -2.33. The number of aliphatic hydroxyl groups is 1. The van der Waals surface area contributed by atoms with Gasteiger partial charge < -0.3 is 10.4 Å². The van der Waals surface area contributed by atoms with Crippen LogP contribution in [0.5, 0.6) is 0 Å². The molecule has 0 fully saturated rings. The van der Waals surface area contributed by atoms with Gasteiger partial charge in [-0.3, -0.25) is 4.79 Å². The molecule has 3 N–H and O–H groups in total. The van der Waals surface area contributed by atoms with Crippen molar-refractivity contribution in [2.24, 2.45) is 0 Å². The van der Waals surface area contributed by atoms with E-state index in [0.29, 0.717) is 6.42 Å². The number of carbonyl (C=O) groups excluding carboxylic acids is 1. The van der Waals surface area contributed by atoms with Crippen molar-refractivity contribution < 1.29 is 18.3 Å². The maximum Gasteiger partial charge on any atom is 0.270 e. The Kier molecular flexibility index (Phi) is 5.14. The van der Waals surface area contributed by atoms with E-state index in [1.165, 1.54) is 6.92 Å². The topological polar surface area (TPSA) is 121 Å². The molecule has 0 aliphatic heterocycles. The number of carbonyl (C=O) groups is 1. The molecule has 1 amide bonds. The van der Waals surface area contributed by atoms with Crippen LogP contribution < -0.4 is 10.0 Å². The summed E-state index contributed by atoms with van der Waals surface area (Å²) in [6.45, 7) is 2.80. The zero-order valence-electron chi connectivity index (χ0n) is 9.87. The largest absolute Gasteiger partial charge is 0.396 e. The second-order valence-corrected chi connectivity index (χ2v) is 6.45. The molecule has 10 heteroatoms. The third kappa shape index (κ3) is 4.29. The van der Waals surface area contributed by atoms with E-state index in [1.807, 2.05) is 0 Å². The normalized spacial score (nSPS) is 13.3. The van der Waals surface area contributed by atoms with Gasteiger partial charge in [-0.1, -0.05) is 11.3 Å². The molecule has 0 aliphatic rings. The molecule has 0 saturated carbocycles. The van der Waals surface area contributed by atoms with Crippen molar-refractivity contribution in [3.8, 4) is 0 Å². The lowest BCUT2D eigenvalue weighted by Gasteiger charge is -2.10. The van der Waals surface area contributed by atoms with E-state index in [9.17, 15) is 13.2 Å². The van der Waals surface area contributed by atoms with Crippen molar-refractivity contribution in [3.05, 3.63) is 0 Å². The second-order valence-electron chi connectivity index (χ2n) is 3.59. The molecule has 0 bridgehead atoms. The van der Waals surface area contributed by atoms with Gasteiger partial charge in [0.15, 0.2) is 0 Å². The minimum absolute atomic E-state index is 0.114. The molecule has 1 aromatic heterocycles. The summed E-state index contributed by atoms with van der Waals surface area (Å²) in [6, 6.07) is -0.409. The summed E-state index contributed by atoms with van der Waals surface area (Å²) in [5.41, 5.74) is 0. The van der Waals surface area contributed by atoms with Crippen molar-refractivity contribution in [2.45, 2.75) is 30.6 Å². The maximum atomic E-state index is 11.8. The quantitative estimate of drug-likeness (QED) is 0.611. The summed E-state index contributed by atoms with van der Waals surface area (Å²) < 4.78 is 25.8. The number of aromatic nitrogens is 2. The third-order valence-electron chi connectivity index (χ3n) is 1.84. The molecule has 1 atom stereocenters. The number of rotatable bonds is 6. The van der Waals surface area contributed by atoms with E-state index in [4.69, 9.17) is 5.11 Å². The highest BCUT2D eigenvalue weighted by Gasteiger charge is 2.22. The number of aliphatic hydroxyl groups excluding tert-OH is 1. The molecule has 0 radical (unpaired) electrons. The van der Waals surface area contributed by atoms with Gasteiger partial charge >= 0.3 is 0 Å². The number of anilines is 1. The van der Waals surface area contributed by atoms with E-state index in [-0.39, 0.29) is 22.0 Å². The summed E-state index contributed by atoms with van der Waals surface area (Å²) in [4.78, 5) is 10.8. The van der Waals surface area contributed by atoms with Gasteiger partial charge in [0.2, 0.25) is 15.4 Å². The summed E-state index contributed by atoms with van der Waals surface area (Å²) in [7, 11) is -3.76. The smallest absolute Gasteiger partial charge is 0.270 e. The molecule has 8 nitrogen and oxygen atoms in total. The van der Waals surface area contributed by atoms with Gasteiger partial charge in [0.05, 0.1) is 0 Å². The molecular weight excluding hydrogens is 280 g/mol. The lowest BCUT2D eigenvalue weighted by molar-refractivity contribution is -0.114. The van der Waals surface area contributed by atoms with Gasteiger partial charge in [0.1, 0.15) is 0 Å². The Bertz CT molecular complexity index is 513. The fraction of sp³-hybridized carbons (Fsp3) is 0.625. The number of sulfonamides is 1. The lowest BCUT2D eigenvalue weighted by atomic mass is 10.3. The average Bonchev–Trinajstić information content (AvgIpc) is 2.65. The summed E-state index contributed by atoms with van der Waals surface area (Å²) in [6.07, 6.45) is 0.302. The van der Waals surface area contributed by atoms with Crippen molar-refractivity contribution in [1.29, 1.82) is 0 Å². The van der Waals surface area contributed by atoms with Gasteiger partial charge in [-0.15, -0.1) is 10.2 Å². The highest BCUT2D eigenvalue weighted by atomic mass is 32.2. The number of nitrogens with zero attached hydrogens (tertiary/aromatic N) is 2. The second kappa shape index (κ2) is 6.18. The predicted molar refractivity (Wildman–Crippen MR) is 65.7 cm³/mol. The highest BCUT2D eigenvalue weighted by Crippen LogP contribution is 2.19. The first-order valence-electron chi connectivity index (χ1n) is 5.09. The predicted octanol–water partition coefficient (Wildman–Crippen LogP) is -0.454. The van der Waals surface area contributed by atoms with Gasteiger partial charge in [-0.05, 0) is 13.3 Å². The molecule has 0 aromatic carbocycles. The van der Waals surface area contributed by atoms with Crippen molar-refractivity contribution in [2.75, 3.05) is 11.9 Å². The first kappa shape index (κ1) is 15.0. The van der Waals surface area contributed by atoms with E-state index < -0.39 is 16.1 Å². The SMILES string of the molecule is CC(=O)Nc1nnc(S(=O)(=O)NC(C)CCO)s1. The van der Waals surface area contributed by atoms with E-state index in [0.717, 1.165) is 11.3 Å². The maximum absolute atomic E-state index is 11.8. The molecule has 18 heavy (non-hydrogen) atoms. The van der Waals surface area contributed by atoms with Gasteiger partial charge in [-0.25, -0.2) is 13.1 Å². The number of hydrogen-bond donors (Lipinski definition) is 3. The van der Waals surface area contributed by atoms with Crippen molar-refractivity contribution in [1.82, 2.24) is 14.9 Å². The zero-order chi connectivity index (χ0) is 13.8. The van der Waals surface area contributed by atoms with Crippen LogP contribution in [0.25, 0.3) is 0 Å². The fourth-order valence-electron chi connectivity index (χ4n) is 1.09. The minimum Gasteiger partial charge on any atom is -0.396 e. The monoisotopic (exact) mass is 294 g/mol. The van der Waals surface area contributed by atoms with E-state index in [1.54, 1.807) is 6.92 Å². The van der Waals surface area contributed by atoms with Gasteiger partial charge in [-0.2, -0.15) is 0 Å². The van der Waals surface area contributed by atoms with E-state index >= 15 is 0 Å². The Morgan fingerprint density at radius 1 is 1.50 bits per heavy atom. The number of nitrogens with one attached hydrogen (secondary N) is 2. The van der Waals surface area contributed by atoms with Crippen LogP contribution in [0.4, 0.5) is 5.13 Å². The number of amides is 1. The van der Waals surface area contributed by atoms with Crippen LogP contribution in [0.3, 0.4) is 0 Å². The van der Waals surface area contributed by atoms with Crippen molar-refractivity contribution in [3.63, 3.8) is 0 Å². The van der Waals surface area contributed by atoms with Crippen LogP contribution in [0.2, 0.25) is 0 Å². The van der Waals surface area contributed by atoms with Crippen LogP contribution in [0, 0.1) is 0 Å². The zero-order valence-corrected chi connectivity index (χ0v) is 11.5. The molecule has 0 spiro atoms. The van der Waals surface area contributed by atoms with Gasteiger partial charge in [0, 0.05) is 19.6 Å². The first-order valence-corrected chi connectivity index (χ1v) is 7.39. The van der Waals surface area contributed by atoms with Crippen LogP contribution in [-0.2, 0) is 14.8 Å². The summed E-state index contributed by atoms with van der Waals surface area (Å²) in [5.74, 6) is -0.350. The highest BCUT2D eigenvalue weighted by molar-refractivity contribution is 7.91. The molecule has 1 aromatic rings. The van der Waals surface area contributed by atoms with Crippen LogP contribution in [0.1, 0.15) is 20.3 Å². The fourth-order valence-corrected chi connectivity index (χ4v) is 3.33. The molecule has 1 heterocycles. The Balaban J connectivity index is 2.79. The molecule has 1 rings (SSSR count). The molecule has 1 unspecified atom stereocenters. The molecule has 102 valence electrons. The van der Waals surface area contributed by atoms with Crippen LogP contribution >= 0.6 is 11.3 Å². The third-order valence-corrected chi connectivity index (χ3v) is 4.63. The minimum atomic E-state index is -3.76. The number of hydrogen-bond acceptors (Lipinski definition) is 7. The summed E-state index contributed by atoms with van der Waals surface area (Å²) >= 11 is 0.761. The Labute approximate surface area is 108 Å². The molecular formula is C8H14N4O4S2. The summed E-state index contributed by atoms with van der Waals surface area (Å²) in [5, 5.41) is 18.2. The van der Waals surface area contributed by atoms with E-state index in [2.05, 4.69) is 20.2 Å². The van der Waals surface area contributed by atoms with Crippen LogP contribution in [-0.4, -0.2) is 42.3 Å². The molecule has 0 aliphatic carbocycles. The first-order chi connectivity index (χ1) is 8.35. The Morgan fingerprint density at radius 2 is 2.17 bits per heavy atom. The standard InChI is InChI=1S/C8H14N4O4S2/c1-5(3-4-13)12-18(15,16)8-11-10-7(17-8)9-6(2)14/h5,12-13H,3-4H2,1-2H3,(H,9,10,14). The van der Waals surface area contributed by atoms with Crippen LogP contribution in [0.15, 0.2) is 4.34 Å². The van der Waals surface area contributed by atoms with Crippen molar-refractivity contribution >= 4 is 32.4 Å². The Morgan fingerprint density at radius 3 is 2.72 bits per heavy atom. The molecule has 0 saturated heterocycles.